The Morgan fingerprint density at radius 3 is 3.00 bits per heavy atom. The van der Waals surface area contributed by atoms with Crippen LogP contribution < -0.4 is 11.1 Å². The Balaban J connectivity index is 2.67. The van der Waals surface area contributed by atoms with Crippen LogP contribution in [-0.2, 0) is 0 Å². The molecule has 1 rings (SSSR count). The molecule has 0 radical (unpaired) electrons. The smallest absolute Gasteiger partial charge is 0.410 e. The summed E-state index contributed by atoms with van der Waals surface area (Å²) in [6, 6.07) is 0. The third-order valence-electron chi connectivity index (χ3n) is 0.757. The third kappa shape index (κ3) is 1.59. The number of nitrogens with one attached hydrogen (secondary N) is 1. The molecule has 1 heterocycles. The van der Waals surface area contributed by atoms with Crippen LogP contribution in [0.1, 0.15) is 0 Å². The lowest BCUT2D eigenvalue weighted by Gasteiger charge is -1.90. The minimum Gasteiger partial charge on any atom is -0.465 e. The van der Waals surface area contributed by atoms with Crippen molar-refractivity contribution in [3.05, 3.63) is 5.38 Å². The van der Waals surface area contributed by atoms with Crippen LogP contribution in [0.4, 0.5) is 15.7 Å². The lowest BCUT2D eigenvalue weighted by atomic mass is 10.8. The van der Waals surface area contributed by atoms with Crippen LogP contribution in [0.5, 0.6) is 0 Å². The van der Waals surface area contributed by atoms with Crippen molar-refractivity contribution in [2.75, 3.05) is 11.1 Å². The average Bonchev–Trinajstić information content (AvgIpc) is 2.13. The van der Waals surface area contributed by atoms with Crippen molar-refractivity contribution in [1.82, 2.24) is 4.98 Å². The highest BCUT2D eigenvalue weighted by Gasteiger charge is 2.00. The molecule has 0 unspecified atom stereocenters. The number of rotatable bonds is 1. The monoisotopic (exact) mass is 159 g/mol. The van der Waals surface area contributed by atoms with Crippen LogP contribution in [0.2, 0.25) is 0 Å². The van der Waals surface area contributed by atoms with Gasteiger partial charge in [0.1, 0.15) is 5.82 Å². The molecule has 0 bridgehead atoms. The molecular weight excluding hydrogens is 154 g/mol. The van der Waals surface area contributed by atoms with Gasteiger partial charge in [-0.1, -0.05) is 0 Å². The number of aromatic nitrogens is 1. The van der Waals surface area contributed by atoms with E-state index in [0.29, 0.717) is 5.13 Å². The fourth-order valence-corrected chi connectivity index (χ4v) is 0.950. The van der Waals surface area contributed by atoms with Crippen LogP contribution in [0.3, 0.4) is 0 Å². The van der Waals surface area contributed by atoms with E-state index in [1.165, 1.54) is 16.7 Å². The molecule has 0 aliphatic rings. The van der Waals surface area contributed by atoms with Crippen molar-refractivity contribution in [2.45, 2.75) is 0 Å². The van der Waals surface area contributed by atoms with Gasteiger partial charge < -0.3 is 10.8 Å². The van der Waals surface area contributed by atoms with Gasteiger partial charge in [0.05, 0.1) is 0 Å². The Bertz CT molecular complexity index is 246. The SMILES string of the molecule is Nc1nc(NC(=O)O)cs1. The summed E-state index contributed by atoms with van der Waals surface area (Å²) in [6.07, 6.45) is -1.13. The van der Waals surface area contributed by atoms with Crippen LogP contribution in [-0.4, -0.2) is 16.2 Å². The zero-order valence-corrected chi connectivity index (χ0v) is 5.68. The van der Waals surface area contributed by atoms with Gasteiger partial charge in [0, 0.05) is 5.38 Å². The third-order valence-corrected chi connectivity index (χ3v) is 1.43. The van der Waals surface area contributed by atoms with Crippen molar-refractivity contribution in [1.29, 1.82) is 0 Å². The molecule has 0 spiro atoms. The number of carboxylic acid groups (broad SMARTS) is 1. The quantitative estimate of drug-likeness (QED) is 0.565. The standard InChI is InChI=1S/C4H5N3O2S/c5-3-6-2(1-10-3)7-4(8)9/h1,7H,(H2,5,6)(H,8,9). The van der Waals surface area contributed by atoms with E-state index in [4.69, 9.17) is 10.8 Å². The fourth-order valence-electron chi connectivity index (χ4n) is 0.455. The molecule has 54 valence electrons. The maximum Gasteiger partial charge on any atom is 0.410 e. The Hall–Kier alpha value is -1.30. The van der Waals surface area contributed by atoms with Crippen molar-refractivity contribution in [2.24, 2.45) is 0 Å². The van der Waals surface area contributed by atoms with Crippen molar-refractivity contribution >= 4 is 28.4 Å². The van der Waals surface area contributed by atoms with E-state index in [-0.39, 0.29) is 5.82 Å². The molecule has 1 amide bonds. The molecule has 1 aromatic heterocycles. The van der Waals surface area contributed by atoms with Gasteiger partial charge in [0.25, 0.3) is 0 Å². The van der Waals surface area contributed by atoms with Gasteiger partial charge in [-0.3, -0.25) is 5.32 Å². The molecule has 5 nitrogen and oxygen atoms in total. The predicted molar refractivity (Wildman–Crippen MR) is 38.2 cm³/mol. The molecule has 6 heteroatoms. The van der Waals surface area contributed by atoms with E-state index in [9.17, 15) is 4.79 Å². The highest BCUT2D eigenvalue weighted by atomic mass is 32.1. The summed E-state index contributed by atoms with van der Waals surface area (Å²) in [5, 5.41) is 12.1. The van der Waals surface area contributed by atoms with Gasteiger partial charge in [-0.2, -0.15) is 0 Å². The van der Waals surface area contributed by atoms with Crippen LogP contribution in [0.15, 0.2) is 5.38 Å². The molecule has 0 saturated heterocycles. The number of hydrogen-bond acceptors (Lipinski definition) is 4. The Morgan fingerprint density at radius 1 is 1.90 bits per heavy atom. The van der Waals surface area contributed by atoms with Gasteiger partial charge in [-0.25, -0.2) is 9.78 Å². The first kappa shape index (κ1) is 6.81. The van der Waals surface area contributed by atoms with Gasteiger partial charge in [-0.05, 0) is 0 Å². The first-order valence-electron chi connectivity index (χ1n) is 2.39. The molecule has 0 aliphatic carbocycles. The van der Waals surface area contributed by atoms with Crippen molar-refractivity contribution in [3.63, 3.8) is 0 Å². The topological polar surface area (TPSA) is 88.2 Å². The normalized spacial score (nSPS) is 9.20. The number of amides is 1. The van der Waals surface area contributed by atoms with E-state index in [1.54, 1.807) is 0 Å². The largest absolute Gasteiger partial charge is 0.465 e. The van der Waals surface area contributed by atoms with E-state index >= 15 is 0 Å². The minimum atomic E-state index is -1.13. The molecule has 4 N–H and O–H groups in total. The number of nitrogens with two attached hydrogens (primary N) is 1. The first-order valence-corrected chi connectivity index (χ1v) is 3.27. The lowest BCUT2D eigenvalue weighted by molar-refractivity contribution is 0.209. The molecule has 0 atom stereocenters. The molecule has 1 aromatic rings. The number of nitrogen functional groups attached to an aromatic ring is 1. The molecule has 0 aliphatic heterocycles. The predicted octanol–water partition coefficient (Wildman–Crippen LogP) is 0.815. The lowest BCUT2D eigenvalue weighted by Crippen LogP contribution is -2.07. The van der Waals surface area contributed by atoms with E-state index in [1.807, 2.05) is 0 Å². The Kier molecular flexibility index (Phi) is 1.72. The van der Waals surface area contributed by atoms with Gasteiger partial charge in [0.15, 0.2) is 5.13 Å². The van der Waals surface area contributed by atoms with Gasteiger partial charge >= 0.3 is 6.09 Å². The van der Waals surface area contributed by atoms with E-state index < -0.39 is 6.09 Å². The number of thiazole rings is 1. The number of carbonyl (C=O) groups is 1. The molecule has 0 fully saturated rings. The maximum atomic E-state index is 9.99. The van der Waals surface area contributed by atoms with Crippen LogP contribution >= 0.6 is 11.3 Å². The second kappa shape index (κ2) is 2.53. The van der Waals surface area contributed by atoms with Gasteiger partial charge in [-0.15, -0.1) is 11.3 Å². The summed E-state index contributed by atoms with van der Waals surface area (Å²) in [4.78, 5) is 13.6. The fraction of sp³-hybridized carbons (Fsp3) is 0. The highest BCUT2D eigenvalue weighted by Crippen LogP contribution is 2.14. The first-order chi connectivity index (χ1) is 4.68. The number of anilines is 2. The summed E-state index contributed by atoms with van der Waals surface area (Å²) in [5.74, 6) is 0.273. The number of hydrogen-bond donors (Lipinski definition) is 3. The average molecular weight is 159 g/mol. The van der Waals surface area contributed by atoms with E-state index in [0.717, 1.165) is 0 Å². The van der Waals surface area contributed by atoms with Crippen LogP contribution in [0.25, 0.3) is 0 Å². The van der Waals surface area contributed by atoms with Crippen LogP contribution in [0, 0.1) is 0 Å². The molecule has 0 aromatic carbocycles. The molecule has 0 saturated carbocycles. The number of nitrogens with zero attached hydrogens (tertiary/aromatic N) is 1. The zero-order chi connectivity index (χ0) is 7.56. The molecule has 10 heavy (non-hydrogen) atoms. The summed E-state index contributed by atoms with van der Waals surface area (Å²) >= 11 is 1.19. The highest BCUT2D eigenvalue weighted by molar-refractivity contribution is 7.13. The second-order valence-corrected chi connectivity index (χ2v) is 2.39. The Labute approximate surface area is 60.5 Å². The summed E-state index contributed by atoms with van der Waals surface area (Å²) in [5.41, 5.74) is 5.23. The minimum absolute atomic E-state index is 0.273. The molecular formula is C4H5N3O2S. The Morgan fingerprint density at radius 2 is 2.60 bits per heavy atom. The maximum absolute atomic E-state index is 9.99. The van der Waals surface area contributed by atoms with Crippen molar-refractivity contribution < 1.29 is 9.90 Å². The summed E-state index contributed by atoms with van der Waals surface area (Å²) < 4.78 is 0. The van der Waals surface area contributed by atoms with E-state index in [2.05, 4.69) is 10.3 Å². The zero-order valence-electron chi connectivity index (χ0n) is 4.87. The van der Waals surface area contributed by atoms with Crippen molar-refractivity contribution in [3.8, 4) is 0 Å². The summed E-state index contributed by atoms with van der Waals surface area (Å²) in [7, 11) is 0. The second-order valence-electron chi connectivity index (χ2n) is 1.50. The summed E-state index contributed by atoms with van der Waals surface area (Å²) in [6.45, 7) is 0. The van der Waals surface area contributed by atoms with Gasteiger partial charge in [0.2, 0.25) is 0 Å².